The third-order valence-corrected chi connectivity index (χ3v) is 5.28. The molecule has 2 heterocycles. The third-order valence-electron chi connectivity index (χ3n) is 3.49. The van der Waals surface area contributed by atoms with Gasteiger partial charge in [0.2, 0.25) is 0 Å². The number of hydrogen-bond acceptors (Lipinski definition) is 3. The van der Waals surface area contributed by atoms with Crippen molar-refractivity contribution in [1.82, 2.24) is 0 Å². The van der Waals surface area contributed by atoms with E-state index in [1.165, 1.54) is 0 Å². The first-order chi connectivity index (χ1) is 8.70. The van der Waals surface area contributed by atoms with E-state index in [9.17, 15) is 9.47 Å². The summed E-state index contributed by atoms with van der Waals surface area (Å²) in [6.45, 7) is 1.99. The fourth-order valence-electron chi connectivity index (χ4n) is 2.51. The fraction of sp³-hybridized carbons (Fsp3) is 0.357. The molecular weight excluding hydrogens is 246 g/mol. The number of aryl methyl sites for hydroxylation is 1. The molecule has 92 valence electrons. The molecule has 3 rings (SSSR count). The Labute approximate surface area is 109 Å². The molecule has 0 N–H and O–H groups in total. The number of nitrogens with zero attached hydrogens (tertiary/aromatic N) is 1. The van der Waals surface area contributed by atoms with Crippen LogP contribution in [0.25, 0.3) is 0 Å². The van der Waals surface area contributed by atoms with Crippen LogP contribution in [-0.2, 0) is 15.5 Å². The largest absolute Gasteiger partial charge is 0.364 e. The van der Waals surface area contributed by atoms with Crippen molar-refractivity contribution in [2.75, 3.05) is 0 Å². The number of fused-ring (bicyclic) bond motifs is 2. The lowest BCUT2D eigenvalue weighted by Gasteiger charge is -2.19. The van der Waals surface area contributed by atoms with Crippen molar-refractivity contribution in [1.29, 1.82) is 5.26 Å². The molecule has 1 fully saturated rings. The highest BCUT2D eigenvalue weighted by molar-refractivity contribution is 7.85. The van der Waals surface area contributed by atoms with E-state index < -0.39 is 10.8 Å². The molecule has 1 aromatic rings. The lowest BCUT2D eigenvalue weighted by atomic mass is 9.95. The number of ether oxygens (including phenoxy) is 1. The summed E-state index contributed by atoms with van der Waals surface area (Å²) < 4.78 is 18.2. The van der Waals surface area contributed by atoms with Crippen LogP contribution in [0.5, 0.6) is 0 Å². The topological polar surface area (TPSA) is 50.1 Å². The van der Waals surface area contributed by atoms with Gasteiger partial charge in [0, 0.05) is 4.90 Å². The summed E-state index contributed by atoms with van der Waals surface area (Å²) in [4.78, 5) is 0.774. The molecule has 3 nitrogen and oxygen atoms in total. The summed E-state index contributed by atoms with van der Waals surface area (Å²) in [7, 11) is -1.20. The normalized spacial score (nSPS) is 34.4. The van der Waals surface area contributed by atoms with E-state index in [4.69, 9.17) is 4.74 Å². The van der Waals surface area contributed by atoms with E-state index in [1.807, 2.05) is 43.3 Å². The third kappa shape index (κ3) is 1.71. The van der Waals surface area contributed by atoms with Gasteiger partial charge in [0.25, 0.3) is 0 Å². The van der Waals surface area contributed by atoms with Gasteiger partial charge in [-0.2, -0.15) is 5.26 Å². The van der Waals surface area contributed by atoms with Gasteiger partial charge >= 0.3 is 0 Å². The molecule has 0 amide bonds. The van der Waals surface area contributed by atoms with E-state index in [-0.39, 0.29) is 23.4 Å². The average Bonchev–Trinajstić information content (AvgIpc) is 2.98. The maximum Gasteiger partial charge on any atom is 0.0936 e. The van der Waals surface area contributed by atoms with Crippen molar-refractivity contribution in [2.45, 2.75) is 29.3 Å². The number of hydrogen-bond donors (Lipinski definition) is 0. The van der Waals surface area contributed by atoms with Crippen LogP contribution in [0.15, 0.2) is 41.3 Å². The molecular formula is C14H13NO2S. The van der Waals surface area contributed by atoms with Crippen LogP contribution in [0.4, 0.5) is 0 Å². The number of benzene rings is 1. The predicted molar refractivity (Wildman–Crippen MR) is 68.3 cm³/mol. The lowest BCUT2D eigenvalue weighted by Crippen LogP contribution is -2.32. The Morgan fingerprint density at radius 2 is 1.89 bits per heavy atom. The monoisotopic (exact) mass is 259 g/mol. The Kier molecular flexibility index (Phi) is 2.81. The second-order valence-corrected chi connectivity index (χ2v) is 6.29. The minimum absolute atomic E-state index is 0.179. The quantitative estimate of drug-likeness (QED) is 0.763. The summed E-state index contributed by atoms with van der Waals surface area (Å²) in [5.41, 5.74) is 1.14. The van der Waals surface area contributed by atoms with Crippen molar-refractivity contribution in [2.24, 2.45) is 5.92 Å². The van der Waals surface area contributed by atoms with Crippen molar-refractivity contribution in [3.05, 3.63) is 42.0 Å². The summed E-state index contributed by atoms with van der Waals surface area (Å²) in [5, 5.41) is 8.96. The van der Waals surface area contributed by atoms with Gasteiger partial charge < -0.3 is 4.74 Å². The summed E-state index contributed by atoms with van der Waals surface area (Å²) >= 11 is 0. The zero-order valence-corrected chi connectivity index (χ0v) is 10.8. The van der Waals surface area contributed by atoms with Crippen molar-refractivity contribution < 1.29 is 8.95 Å². The average molecular weight is 259 g/mol. The van der Waals surface area contributed by atoms with Gasteiger partial charge in [0.1, 0.15) is 0 Å². The minimum Gasteiger partial charge on any atom is -0.364 e. The first-order valence-electron chi connectivity index (χ1n) is 5.91. The number of nitriles is 1. The highest BCUT2D eigenvalue weighted by Crippen LogP contribution is 2.38. The van der Waals surface area contributed by atoms with E-state index in [0.29, 0.717) is 0 Å². The first kappa shape index (κ1) is 11.6. The molecule has 0 saturated carbocycles. The van der Waals surface area contributed by atoms with Crippen LogP contribution in [0.2, 0.25) is 0 Å². The molecule has 4 heteroatoms. The molecule has 2 bridgehead atoms. The summed E-state index contributed by atoms with van der Waals surface area (Å²) in [5.74, 6) is -0.304. The summed E-state index contributed by atoms with van der Waals surface area (Å²) in [6.07, 6.45) is 3.47. The van der Waals surface area contributed by atoms with E-state index in [1.54, 1.807) is 0 Å². The Balaban J connectivity index is 1.91. The maximum absolute atomic E-state index is 12.6. The van der Waals surface area contributed by atoms with Crippen LogP contribution in [-0.4, -0.2) is 21.7 Å². The van der Waals surface area contributed by atoms with Gasteiger partial charge in [0.15, 0.2) is 0 Å². The Bertz CT molecular complexity index is 558. The Morgan fingerprint density at radius 3 is 2.56 bits per heavy atom. The van der Waals surface area contributed by atoms with Gasteiger partial charge in [-0.1, -0.05) is 29.8 Å². The van der Waals surface area contributed by atoms with Crippen molar-refractivity contribution in [3.8, 4) is 6.07 Å². The second kappa shape index (κ2) is 4.34. The van der Waals surface area contributed by atoms with E-state index >= 15 is 0 Å². The lowest BCUT2D eigenvalue weighted by molar-refractivity contribution is 0.115. The van der Waals surface area contributed by atoms with Crippen LogP contribution in [0, 0.1) is 24.2 Å². The van der Waals surface area contributed by atoms with Gasteiger partial charge in [-0.05, 0) is 19.1 Å². The molecule has 0 spiro atoms. The maximum atomic E-state index is 12.6. The predicted octanol–water partition coefficient (Wildman–Crippen LogP) is 1.95. The smallest absolute Gasteiger partial charge is 0.0936 e. The van der Waals surface area contributed by atoms with Crippen LogP contribution in [0.3, 0.4) is 0 Å². The van der Waals surface area contributed by atoms with Crippen molar-refractivity contribution >= 4 is 10.8 Å². The molecule has 1 saturated heterocycles. The van der Waals surface area contributed by atoms with Gasteiger partial charge in [-0.25, -0.2) is 0 Å². The van der Waals surface area contributed by atoms with E-state index in [0.717, 1.165) is 10.5 Å². The van der Waals surface area contributed by atoms with Crippen LogP contribution < -0.4 is 0 Å². The van der Waals surface area contributed by atoms with Crippen LogP contribution in [0.1, 0.15) is 5.56 Å². The molecule has 1 aromatic carbocycles. The molecule has 0 unspecified atom stereocenters. The molecule has 2 aliphatic rings. The zero-order chi connectivity index (χ0) is 12.7. The highest BCUT2D eigenvalue weighted by atomic mass is 32.2. The van der Waals surface area contributed by atoms with Crippen molar-refractivity contribution in [3.63, 3.8) is 0 Å². The standard InChI is InChI=1S/C14H13NO2S/c1-9-2-4-10(5-3-9)18(16)14-11(8-15)12-6-7-13(14)17-12/h2-7,11-14H,1H3/t11-,12+,13-,14-,18+/m1/s1. The zero-order valence-electron chi connectivity index (χ0n) is 9.95. The molecule has 0 aliphatic carbocycles. The number of rotatable bonds is 2. The molecule has 5 atom stereocenters. The Morgan fingerprint density at radius 1 is 1.22 bits per heavy atom. The molecule has 0 aromatic heterocycles. The fourth-order valence-corrected chi connectivity index (χ4v) is 4.10. The second-order valence-electron chi connectivity index (χ2n) is 4.68. The highest BCUT2D eigenvalue weighted by Gasteiger charge is 2.49. The van der Waals surface area contributed by atoms with Gasteiger partial charge in [-0.15, -0.1) is 0 Å². The van der Waals surface area contributed by atoms with E-state index in [2.05, 4.69) is 6.07 Å². The minimum atomic E-state index is -1.20. The SMILES string of the molecule is Cc1ccc([S@](=O)[C@@H]2[C@H](C#N)[C@@H]3C=C[C@H]2O3)cc1. The Hall–Kier alpha value is -1.44. The van der Waals surface area contributed by atoms with Crippen LogP contribution >= 0.6 is 0 Å². The van der Waals surface area contributed by atoms with Gasteiger partial charge in [0.05, 0.1) is 40.2 Å². The molecule has 0 radical (unpaired) electrons. The first-order valence-corrected chi connectivity index (χ1v) is 7.12. The molecule has 18 heavy (non-hydrogen) atoms. The van der Waals surface area contributed by atoms with Gasteiger partial charge in [-0.3, -0.25) is 4.21 Å². The summed E-state index contributed by atoms with van der Waals surface area (Å²) in [6, 6.07) is 9.87. The molecule has 2 aliphatic heterocycles.